The highest BCUT2D eigenvalue weighted by Gasteiger charge is 2.17. The number of nitrogens with one attached hydrogen (secondary N) is 1. The molecule has 3 aromatic rings. The Balaban J connectivity index is 1.98. The molecule has 0 fully saturated rings. The molecule has 0 bridgehead atoms. The maximum Gasteiger partial charge on any atom is 0.258 e. The van der Waals surface area contributed by atoms with E-state index < -0.39 is 0 Å². The predicted molar refractivity (Wildman–Crippen MR) is 101 cm³/mol. The van der Waals surface area contributed by atoms with E-state index in [1.807, 2.05) is 68.4 Å². The molecule has 0 radical (unpaired) electrons. The van der Waals surface area contributed by atoms with Crippen LogP contribution < -0.4 is 10.1 Å². The number of carbonyl (C=O) groups is 1. The number of rotatable bonds is 6. The molecule has 0 spiro atoms. The van der Waals surface area contributed by atoms with Gasteiger partial charge in [-0.2, -0.15) is 4.98 Å². The van der Waals surface area contributed by atoms with Crippen molar-refractivity contribution in [2.24, 2.45) is 0 Å². The van der Waals surface area contributed by atoms with Gasteiger partial charge in [0.1, 0.15) is 11.3 Å². The zero-order valence-electron chi connectivity index (χ0n) is 14.9. The first-order valence-corrected chi connectivity index (χ1v) is 8.62. The fourth-order valence-electron chi connectivity index (χ4n) is 2.38. The van der Waals surface area contributed by atoms with E-state index in [9.17, 15) is 4.79 Å². The van der Waals surface area contributed by atoms with Crippen molar-refractivity contribution in [2.45, 2.75) is 20.3 Å². The van der Waals surface area contributed by atoms with Crippen LogP contribution in [-0.2, 0) is 0 Å². The summed E-state index contributed by atoms with van der Waals surface area (Å²) in [7, 11) is 0. The summed E-state index contributed by atoms with van der Waals surface area (Å²) in [6.07, 6.45) is 2.37. The van der Waals surface area contributed by atoms with Crippen LogP contribution in [0, 0.1) is 6.92 Å². The minimum absolute atomic E-state index is 0.242. The SMILES string of the molecule is CCCNC(=O)c1cnc(-c2ccccc2)nc1Oc1ccc(C)cc1. The zero-order valence-corrected chi connectivity index (χ0v) is 14.9. The molecule has 5 heteroatoms. The Labute approximate surface area is 153 Å². The van der Waals surface area contributed by atoms with Crippen molar-refractivity contribution in [3.63, 3.8) is 0 Å². The van der Waals surface area contributed by atoms with Crippen LogP contribution in [0.3, 0.4) is 0 Å². The van der Waals surface area contributed by atoms with Crippen molar-refractivity contribution < 1.29 is 9.53 Å². The summed E-state index contributed by atoms with van der Waals surface area (Å²) in [5, 5.41) is 2.84. The summed E-state index contributed by atoms with van der Waals surface area (Å²) >= 11 is 0. The summed E-state index contributed by atoms with van der Waals surface area (Å²) in [5.41, 5.74) is 2.31. The van der Waals surface area contributed by atoms with Crippen LogP contribution in [0.15, 0.2) is 60.8 Å². The number of benzene rings is 2. The van der Waals surface area contributed by atoms with E-state index in [0.717, 1.165) is 17.5 Å². The molecule has 2 aromatic carbocycles. The molecule has 1 N–H and O–H groups in total. The number of amides is 1. The zero-order chi connectivity index (χ0) is 18.4. The first-order valence-electron chi connectivity index (χ1n) is 8.62. The third kappa shape index (κ3) is 4.25. The van der Waals surface area contributed by atoms with Gasteiger partial charge in [-0.3, -0.25) is 4.79 Å². The van der Waals surface area contributed by atoms with E-state index in [1.165, 1.54) is 6.20 Å². The average molecular weight is 347 g/mol. The molecule has 0 aliphatic heterocycles. The van der Waals surface area contributed by atoms with Gasteiger partial charge in [0.2, 0.25) is 5.88 Å². The second kappa shape index (κ2) is 8.25. The molecule has 132 valence electrons. The van der Waals surface area contributed by atoms with Crippen LogP contribution in [0.1, 0.15) is 29.3 Å². The number of carbonyl (C=O) groups excluding carboxylic acids is 1. The summed E-state index contributed by atoms with van der Waals surface area (Å²) in [5.74, 6) is 1.14. The number of hydrogen-bond acceptors (Lipinski definition) is 4. The minimum Gasteiger partial charge on any atom is -0.438 e. The van der Waals surface area contributed by atoms with Crippen LogP contribution in [0.4, 0.5) is 0 Å². The first kappa shape index (κ1) is 17.6. The summed E-state index contributed by atoms with van der Waals surface area (Å²) in [4.78, 5) is 21.3. The van der Waals surface area contributed by atoms with Gasteiger partial charge in [-0.25, -0.2) is 4.98 Å². The van der Waals surface area contributed by atoms with Crippen molar-refractivity contribution in [3.8, 4) is 23.0 Å². The van der Waals surface area contributed by atoms with Crippen molar-refractivity contribution in [3.05, 3.63) is 71.9 Å². The highest BCUT2D eigenvalue weighted by molar-refractivity contribution is 5.96. The van der Waals surface area contributed by atoms with Crippen LogP contribution in [0.2, 0.25) is 0 Å². The summed E-state index contributed by atoms with van der Waals surface area (Å²) in [6, 6.07) is 17.2. The van der Waals surface area contributed by atoms with Crippen LogP contribution in [0.25, 0.3) is 11.4 Å². The van der Waals surface area contributed by atoms with Gasteiger partial charge in [-0.05, 0) is 25.5 Å². The van der Waals surface area contributed by atoms with Crippen LogP contribution >= 0.6 is 0 Å². The smallest absolute Gasteiger partial charge is 0.258 e. The molecule has 3 rings (SSSR count). The molecule has 1 heterocycles. The molecule has 5 nitrogen and oxygen atoms in total. The molecule has 0 saturated heterocycles. The second-order valence-corrected chi connectivity index (χ2v) is 5.95. The molecule has 0 aliphatic rings. The van der Waals surface area contributed by atoms with Crippen molar-refractivity contribution in [1.29, 1.82) is 0 Å². The first-order chi connectivity index (χ1) is 12.7. The number of hydrogen-bond donors (Lipinski definition) is 1. The van der Waals surface area contributed by atoms with Gasteiger partial charge in [-0.1, -0.05) is 55.0 Å². The fourth-order valence-corrected chi connectivity index (χ4v) is 2.38. The molecular formula is C21H21N3O2. The van der Waals surface area contributed by atoms with Crippen LogP contribution in [0.5, 0.6) is 11.6 Å². The van der Waals surface area contributed by atoms with E-state index in [4.69, 9.17) is 4.74 Å². The summed E-state index contributed by atoms with van der Waals surface area (Å²) < 4.78 is 5.92. The highest BCUT2D eigenvalue weighted by Crippen LogP contribution is 2.26. The fraction of sp³-hybridized carbons (Fsp3) is 0.190. The third-order valence-corrected chi connectivity index (χ3v) is 3.80. The van der Waals surface area contributed by atoms with Gasteiger partial charge in [0.05, 0.1) is 0 Å². The maximum absolute atomic E-state index is 12.4. The van der Waals surface area contributed by atoms with Gasteiger partial charge < -0.3 is 10.1 Å². The number of aryl methyl sites for hydroxylation is 1. The lowest BCUT2D eigenvalue weighted by Crippen LogP contribution is -2.25. The Morgan fingerprint density at radius 2 is 1.81 bits per heavy atom. The maximum atomic E-state index is 12.4. The monoisotopic (exact) mass is 347 g/mol. The van der Waals surface area contributed by atoms with E-state index in [0.29, 0.717) is 23.7 Å². The standard InChI is InChI=1S/C21H21N3O2/c1-3-13-22-20(25)18-14-23-19(16-7-5-4-6-8-16)24-21(18)26-17-11-9-15(2)10-12-17/h4-12,14H,3,13H2,1-2H3,(H,22,25). The molecule has 0 atom stereocenters. The van der Waals surface area contributed by atoms with E-state index in [-0.39, 0.29) is 11.8 Å². The number of ether oxygens (including phenoxy) is 1. The Morgan fingerprint density at radius 3 is 2.50 bits per heavy atom. The molecule has 1 amide bonds. The average Bonchev–Trinajstić information content (AvgIpc) is 2.68. The predicted octanol–water partition coefficient (Wildman–Crippen LogP) is 4.38. The second-order valence-electron chi connectivity index (χ2n) is 5.95. The topological polar surface area (TPSA) is 64.1 Å². The lowest BCUT2D eigenvalue weighted by Gasteiger charge is -2.12. The highest BCUT2D eigenvalue weighted by atomic mass is 16.5. The Bertz CT molecular complexity index is 878. The molecular weight excluding hydrogens is 326 g/mol. The largest absolute Gasteiger partial charge is 0.438 e. The Morgan fingerprint density at radius 1 is 1.08 bits per heavy atom. The Hall–Kier alpha value is -3.21. The van der Waals surface area contributed by atoms with E-state index >= 15 is 0 Å². The Kier molecular flexibility index (Phi) is 5.59. The number of aromatic nitrogens is 2. The van der Waals surface area contributed by atoms with Crippen LogP contribution in [-0.4, -0.2) is 22.4 Å². The van der Waals surface area contributed by atoms with E-state index in [2.05, 4.69) is 15.3 Å². The van der Waals surface area contributed by atoms with Crippen molar-refractivity contribution in [1.82, 2.24) is 15.3 Å². The number of nitrogens with zero attached hydrogens (tertiary/aromatic N) is 2. The van der Waals surface area contributed by atoms with Gasteiger partial charge >= 0.3 is 0 Å². The molecule has 26 heavy (non-hydrogen) atoms. The van der Waals surface area contributed by atoms with Gasteiger partial charge in [-0.15, -0.1) is 0 Å². The molecule has 0 unspecified atom stereocenters. The lowest BCUT2D eigenvalue weighted by atomic mass is 10.2. The van der Waals surface area contributed by atoms with Crippen molar-refractivity contribution >= 4 is 5.91 Å². The molecule has 0 aliphatic carbocycles. The molecule has 1 aromatic heterocycles. The minimum atomic E-state index is -0.242. The van der Waals surface area contributed by atoms with E-state index in [1.54, 1.807) is 0 Å². The van der Waals surface area contributed by atoms with Gasteiger partial charge in [0, 0.05) is 18.3 Å². The normalized spacial score (nSPS) is 10.4. The quantitative estimate of drug-likeness (QED) is 0.718. The van der Waals surface area contributed by atoms with Crippen molar-refractivity contribution in [2.75, 3.05) is 6.54 Å². The lowest BCUT2D eigenvalue weighted by molar-refractivity contribution is 0.0950. The molecule has 0 saturated carbocycles. The third-order valence-electron chi connectivity index (χ3n) is 3.80. The van der Waals surface area contributed by atoms with Gasteiger partial charge in [0.25, 0.3) is 5.91 Å². The summed E-state index contributed by atoms with van der Waals surface area (Å²) in [6.45, 7) is 4.59. The van der Waals surface area contributed by atoms with Gasteiger partial charge in [0.15, 0.2) is 5.82 Å².